The molecule has 0 aromatic heterocycles. The summed E-state index contributed by atoms with van der Waals surface area (Å²) in [5.41, 5.74) is 0.565. The lowest BCUT2D eigenvalue weighted by molar-refractivity contribution is -0.132. The van der Waals surface area contributed by atoms with E-state index < -0.39 is 5.41 Å². The zero-order chi connectivity index (χ0) is 16.8. The Kier molecular flexibility index (Phi) is 6.88. The van der Waals surface area contributed by atoms with Crippen LogP contribution in [0.3, 0.4) is 0 Å². The molecule has 0 saturated heterocycles. The number of hydrogen-bond acceptors (Lipinski definition) is 2. The van der Waals surface area contributed by atoms with Gasteiger partial charge in [0.2, 0.25) is 11.8 Å². The molecule has 5 heteroatoms. The van der Waals surface area contributed by atoms with Gasteiger partial charge in [-0.3, -0.25) is 9.59 Å². The third kappa shape index (κ3) is 6.06. The van der Waals surface area contributed by atoms with Gasteiger partial charge in [0.1, 0.15) is 0 Å². The summed E-state index contributed by atoms with van der Waals surface area (Å²) < 4.78 is 0. The number of hydrogen-bond donors (Lipinski definition) is 1. The Hall–Kier alpha value is -1.55. The van der Waals surface area contributed by atoms with Crippen LogP contribution in [0.4, 0.5) is 0 Å². The Morgan fingerprint density at radius 3 is 2.50 bits per heavy atom. The maximum atomic E-state index is 12.2. The maximum absolute atomic E-state index is 12.2. The van der Waals surface area contributed by atoms with Gasteiger partial charge in [0.25, 0.3) is 0 Å². The highest BCUT2D eigenvalue weighted by Crippen LogP contribution is 2.14. The molecule has 1 aromatic carbocycles. The third-order valence-corrected chi connectivity index (χ3v) is 3.54. The highest BCUT2D eigenvalue weighted by atomic mass is 35.5. The van der Waals surface area contributed by atoms with Gasteiger partial charge in [0.05, 0.1) is 0 Å². The van der Waals surface area contributed by atoms with Crippen LogP contribution in [0.2, 0.25) is 5.02 Å². The van der Waals surface area contributed by atoms with E-state index in [1.807, 2.05) is 52.0 Å². The third-order valence-electron chi connectivity index (χ3n) is 3.30. The molecule has 122 valence electrons. The average molecular weight is 325 g/mol. The zero-order valence-electron chi connectivity index (χ0n) is 13.8. The molecule has 0 saturated carbocycles. The van der Waals surface area contributed by atoms with Crippen LogP contribution in [-0.2, 0) is 16.1 Å². The fourth-order valence-electron chi connectivity index (χ4n) is 1.94. The van der Waals surface area contributed by atoms with Gasteiger partial charge in [0.15, 0.2) is 0 Å². The van der Waals surface area contributed by atoms with E-state index in [-0.39, 0.29) is 11.8 Å². The van der Waals surface area contributed by atoms with Crippen LogP contribution in [0.1, 0.15) is 39.7 Å². The molecule has 1 rings (SSSR count). The monoisotopic (exact) mass is 324 g/mol. The summed E-state index contributed by atoms with van der Waals surface area (Å²) in [6.07, 6.45) is 0.302. The summed E-state index contributed by atoms with van der Waals surface area (Å²) in [5, 5.41) is 3.46. The van der Waals surface area contributed by atoms with Crippen LogP contribution in [0.15, 0.2) is 24.3 Å². The minimum Gasteiger partial charge on any atom is -0.355 e. The molecule has 22 heavy (non-hydrogen) atoms. The predicted molar refractivity (Wildman–Crippen MR) is 89.6 cm³/mol. The molecule has 0 aliphatic rings. The van der Waals surface area contributed by atoms with Crippen molar-refractivity contribution in [2.24, 2.45) is 5.41 Å². The molecule has 0 heterocycles. The van der Waals surface area contributed by atoms with Gasteiger partial charge in [-0.1, -0.05) is 44.5 Å². The summed E-state index contributed by atoms with van der Waals surface area (Å²) >= 11 is 5.96. The van der Waals surface area contributed by atoms with Crippen molar-refractivity contribution < 1.29 is 9.59 Å². The Labute approximate surface area is 137 Å². The predicted octanol–water partition coefficient (Wildman–Crippen LogP) is 3.24. The Bertz CT molecular complexity index is 524. The Morgan fingerprint density at radius 2 is 1.95 bits per heavy atom. The number of nitrogens with one attached hydrogen (secondary N) is 1. The summed E-state index contributed by atoms with van der Waals surface area (Å²) in [6.45, 7) is 9.00. The van der Waals surface area contributed by atoms with Gasteiger partial charge in [0, 0.05) is 36.5 Å². The van der Waals surface area contributed by atoms with Gasteiger partial charge in [-0.05, 0) is 24.6 Å². The first-order valence-corrected chi connectivity index (χ1v) is 7.92. The van der Waals surface area contributed by atoms with Crippen molar-refractivity contribution in [1.82, 2.24) is 10.2 Å². The van der Waals surface area contributed by atoms with Crippen LogP contribution in [0.5, 0.6) is 0 Å². The lowest BCUT2D eigenvalue weighted by Crippen LogP contribution is -2.38. The topological polar surface area (TPSA) is 49.4 Å². The first-order valence-electron chi connectivity index (χ1n) is 7.54. The van der Waals surface area contributed by atoms with Crippen molar-refractivity contribution in [3.8, 4) is 0 Å². The van der Waals surface area contributed by atoms with E-state index in [2.05, 4.69) is 5.32 Å². The quantitative estimate of drug-likeness (QED) is 0.873. The van der Waals surface area contributed by atoms with Gasteiger partial charge in [-0.15, -0.1) is 0 Å². The molecule has 4 nitrogen and oxygen atoms in total. The van der Waals surface area contributed by atoms with Crippen molar-refractivity contribution in [3.05, 3.63) is 34.9 Å². The van der Waals surface area contributed by atoms with Crippen LogP contribution < -0.4 is 5.32 Å². The second kappa shape index (κ2) is 8.18. The second-order valence-corrected chi connectivity index (χ2v) is 6.73. The first-order chi connectivity index (χ1) is 10.2. The summed E-state index contributed by atoms with van der Waals surface area (Å²) in [4.78, 5) is 25.8. The lowest BCUT2D eigenvalue weighted by Gasteiger charge is -2.22. The van der Waals surface area contributed by atoms with E-state index in [0.29, 0.717) is 31.1 Å². The van der Waals surface area contributed by atoms with E-state index in [4.69, 9.17) is 11.6 Å². The number of carbonyl (C=O) groups is 2. The van der Waals surface area contributed by atoms with Gasteiger partial charge in [-0.25, -0.2) is 0 Å². The average Bonchev–Trinajstić information content (AvgIpc) is 2.43. The Balaban J connectivity index is 2.50. The van der Waals surface area contributed by atoms with Crippen molar-refractivity contribution in [1.29, 1.82) is 0 Å². The van der Waals surface area contributed by atoms with Crippen LogP contribution in [0, 0.1) is 5.41 Å². The lowest BCUT2D eigenvalue weighted by atomic mass is 9.96. The Morgan fingerprint density at radius 1 is 1.27 bits per heavy atom. The fourth-order valence-corrected chi connectivity index (χ4v) is 2.15. The molecule has 0 bridgehead atoms. The molecule has 2 amide bonds. The largest absolute Gasteiger partial charge is 0.355 e. The zero-order valence-corrected chi connectivity index (χ0v) is 14.5. The molecule has 0 unspecified atom stereocenters. The number of rotatable bonds is 6. The highest BCUT2D eigenvalue weighted by molar-refractivity contribution is 6.30. The van der Waals surface area contributed by atoms with E-state index in [0.717, 1.165) is 5.56 Å². The standard InChI is InChI=1S/C17H25ClN2O2/c1-5-20(12-13-7-6-8-14(18)11-13)15(21)9-10-19-16(22)17(2,3)4/h6-8,11H,5,9-10,12H2,1-4H3,(H,19,22). The van der Waals surface area contributed by atoms with Crippen molar-refractivity contribution >= 4 is 23.4 Å². The minimum absolute atomic E-state index is 0.0247. The van der Waals surface area contributed by atoms with Crippen LogP contribution in [-0.4, -0.2) is 29.8 Å². The van der Waals surface area contributed by atoms with Crippen molar-refractivity contribution in [2.75, 3.05) is 13.1 Å². The highest BCUT2D eigenvalue weighted by Gasteiger charge is 2.21. The molecule has 1 N–H and O–H groups in total. The first kappa shape index (κ1) is 18.5. The van der Waals surface area contributed by atoms with E-state index in [9.17, 15) is 9.59 Å². The summed E-state index contributed by atoms with van der Waals surface area (Å²) in [5.74, 6) is -0.0186. The molecule has 0 spiro atoms. The van der Waals surface area contributed by atoms with Crippen molar-refractivity contribution in [2.45, 2.75) is 40.7 Å². The molecule has 0 radical (unpaired) electrons. The number of halogens is 1. The molecule has 0 atom stereocenters. The van der Waals surface area contributed by atoms with Gasteiger partial charge in [-0.2, -0.15) is 0 Å². The van der Waals surface area contributed by atoms with Crippen LogP contribution in [0.25, 0.3) is 0 Å². The van der Waals surface area contributed by atoms with Crippen LogP contribution >= 0.6 is 11.6 Å². The maximum Gasteiger partial charge on any atom is 0.225 e. The second-order valence-electron chi connectivity index (χ2n) is 6.29. The molecule has 0 fully saturated rings. The van der Waals surface area contributed by atoms with E-state index in [1.165, 1.54) is 0 Å². The molecule has 1 aromatic rings. The molecule has 0 aliphatic heterocycles. The summed E-state index contributed by atoms with van der Waals surface area (Å²) in [6, 6.07) is 7.49. The van der Waals surface area contributed by atoms with Gasteiger partial charge >= 0.3 is 0 Å². The van der Waals surface area contributed by atoms with E-state index in [1.54, 1.807) is 4.90 Å². The number of benzene rings is 1. The van der Waals surface area contributed by atoms with Crippen molar-refractivity contribution in [3.63, 3.8) is 0 Å². The number of nitrogens with zero attached hydrogens (tertiary/aromatic N) is 1. The molecular formula is C17H25ClN2O2. The smallest absolute Gasteiger partial charge is 0.225 e. The normalized spacial score (nSPS) is 11.1. The number of carbonyl (C=O) groups excluding carboxylic acids is 2. The number of amides is 2. The van der Waals surface area contributed by atoms with Gasteiger partial charge < -0.3 is 10.2 Å². The molecular weight excluding hydrogens is 300 g/mol. The summed E-state index contributed by atoms with van der Waals surface area (Å²) in [7, 11) is 0. The SMILES string of the molecule is CCN(Cc1cccc(Cl)c1)C(=O)CCNC(=O)C(C)(C)C. The fraction of sp³-hybridized carbons (Fsp3) is 0.529. The molecule has 0 aliphatic carbocycles. The van der Waals surface area contributed by atoms with E-state index >= 15 is 0 Å². The minimum atomic E-state index is -0.436.